The molecule has 102 valence electrons. The molecular formula is C14H10BrFN2OS. The van der Waals surface area contributed by atoms with Crippen molar-refractivity contribution in [1.29, 1.82) is 0 Å². The van der Waals surface area contributed by atoms with Crippen molar-refractivity contribution in [2.45, 2.75) is 0 Å². The molecule has 0 unspecified atom stereocenters. The van der Waals surface area contributed by atoms with Crippen LogP contribution in [0.25, 0.3) is 0 Å². The minimum atomic E-state index is -0.458. The van der Waals surface area contributed by atoms with Crippen LogP contribution in [0.1, 0.15) is 15.9 Å². The van der Waals surface area contributed by atoms with Crippen LogP contribution < -0.4 is 11.1 Å². The van der Waals surface area contributed by atoms with Crippen molar-refractivity contribution < 1.29 is 9.18 Å². The van der Waals surface area contributed by atoms with Gasteiger partial charge in [-0.2, -0.15) is 0 Å². The van der Waals surface area contributed by atoms with E-state index in [4.69, 9.17) is 18.0 Å². The molecule has 0 atom stereocenters. The zero-order valence-electron chi connectivity index (χ0n) is 10.2. The highest BCUT2D eigenvalue weighted by Gasteiger charge is 2.10. The third-order valence-electron chi connectivity index (χ3n) is 2.59. The highest BCUT2D eigenvalue weighted by atomic mass is 79.9. The number of hydrogen-bond acceptors (Lipinski definition) is 2. The summed E-state index contributed by atoms with van der Waals surface area (Å²) in [6, 6.07) is 10.6. The van der Waals surface area contributed by atoms with Gasteiger partial charge in [0.2, 0.25) is 0 Å². The molecule has 2 aromatic carbocycles. The smallest absolute Gasteiger partial charge is 0.255 e. The normalized spacial score (nSPS) is 10.1. The van der Waals surface area contributed by atoms with Crippen molar-refractivity contribution in [1.82, 2.24) is 0 Å². The fourth-order valence-corrected chi connectivity index (χ4v) is 2.20. The van der Waals surface area contributed by atoms with Gasteiger partial charge >= 0.3 is 0 Å². The molecule has 1 amide bonds. The fraction of sp³-hybridized carbons (Fsp3) is 0. The van der Waals surface area contributed by atoms with Gasteiger partial charge in [0.15, 0.2) is 0 Å². The van der Waals surface area contributed by atoms with Crippen molar-refractivity contribution in [2.75, 3.05) is 5.32 Å². The number of anilines is 1. The molecule has 3 nitrogen and oxygen atoms in total. The van der Waals surface area contributed by atoms with Crippen LogP contribution in [0.3, 0.4) is 0 Å². The minimum Gasteiger partial charge on any atom is -0.389 e. The summed E-state index contributed by atoms with van der Waals surface area (Å²) in [6.07, 6.45) is 0. The minimum absolute atomic E-state index is 0.246. The Morgan fingerprint density at radius 2 is 1.95 bits per heavy atom. The Morgan fingerprint density at radius 3 is 2.55 bits per heavy atom. The van der Waals surface area contributed by atoms with Crippen molar-refractivity contribution in [3.63, 3.8) is 0 Å². The number of benzene rings is 2. The van der Waals surface area contributed by atoms with Gasteiger partial charge in [-0.15, -0.1) is 0 Å². The molecule has 0 bridgehead atoms. The summed E-state index contributed by atoms with van der Waals surface area (Å²) in [7, 11) is 0. The predicted octanol–water partition coefficient (Wildman–Crippen LogP) is 3.47. The average Bonchev–Trinajstić information content (AvgIpc) is 2.40. The first-order valence-electron chi connectivity index (χ1n) is 5.63. The lowest BCUT2D eigenvalue weighted by Crippen LogP contribution is -2.13. The number of rotatable bonds is 3. The molecule has 0 saturated heterocycles. The van der Waals surface area contributed by atoms with Crippen LogP contribution in [0.5, 0.6) is 0 Å². The predicted molar refractivity (Wildman–Crippen MR) is 84.4 cm³/mol. The SMILES string of the molecule is NC(=S)c1ccc(NC(=O)c2cccc(F)c2)c(Br)c1. The number of carbonyl (C=O) groups is 1. The number of hydrogen-bond donors (Lipinski definition) is 2. The van der Waals surface area contributed by atoms with Gasteiger partial charge in [-0.05, 0) is 52.3 Å². The Labute approximate surface area is 129 Å². The van der Waals surface area contributed by atoms with E-state index in [1.165, 1.54) is 24.3 Å². The second-order valence-electron chi connectivity index (χ2n) is 4.02. The third kappa shape index (κ3) is 3.40. The molecule has 2 rings (SSSR count). The lowest BCUT2D eigenvalue weighted by molar-refractivity contribution is 0.102. The van der Waals surface area contributed by atoms with Crippen LogP contribution in [-0.2, 0) is 0 Å². The van der Waals surface area contributed by atoms with Crippen LogP contribution in [0.4, 0.5) is 10.1 Å². The van der Waals surface area contributed by atoms with Crippen LogP contribution in [0.15, 0.2) is 46.9 Å². The quantitative estimate of drug-likeness (QED) is 0.831. The molecule has 0 heterocycles. The maximum absolute atomic E-state index is 13.1. The third-order valence-corrected chi connectivity index (χ3v) is 3.48. The standard InChI is InChI=1S/C14H10BrFN2OS/c15-11-7-8(13(17)20)4-5-12(11)18-14(19)9-2-1-3-10(16)6-9/h1-7H,(H2,17,20)(H,18,19). The zero-order chi connectivity index (χ0) is 14.7. The van der Waals surface area contributed by atoms with Gasteiger partial charge in [0.25, 0.3) is 5.91 Å². The number of nitrogens with one attached hydrogen (secondary N) is 1. The van der Waals surface area contributed by atoms with E-state index in [-0.39, 0.29) is 10.6 Å². The summed E-state index contributed by atoms with van der Waals surface area (Å²) < 4.78 is 13.7. The molecule has 0 aliphatic rings. The Kier molecular flexibility index (Phi) is 4.46. The van der Waals surface area contributed by atoms with Crippen LogP contribution in [0, 0.1) is 5.82 Å². The summed E-state index contributed by atoms with van der Waals surface area (Å²) in [6.45, 7) is 0. The van der Waals surface area contributed by atoms with Crippen molar-refractivity contribution in [2.24, 2.45) is 5.73 Å². The fourth-order valence-electron chi connectivity index (χ4n) is 1.59. The first kappa shape index (κ1) is 14.6. The molecule has 0 aromatic heterocycles. The molecular weight excluding hydrogens is 343 g/mol. The van der Waals surface area contributed by atoms with E-state index in [0.29, 0.717) is 15.7 Å². The van der Waals surface area contributed by atoms with Gasteiger partial charge in [0.1, 0.15) is 10.8 Å². The first-order chi connectivity index (χ1) is 9.47. The maximum atomic E-state index is 13.1. The molecule has 0 saturated carbocycles. The number of amides is 1. The molecule has 3 N–H and O–H groups in total. The second kappa shape index (κ2) is 6.11. The van der Waals surface area contributed by atoms with Crippen LogP contribution in [-0.4, -0.2) is 10.9 Å². The average molecular weight is 353 g/mol. The van der Waals surface area contributed by atoms with Crippen molar-refractivity contribution in [3.05, 3.63) is 63.9 Å². The van der Waals surface area contributed by atoms with Gasteiger partial charge in [-0.1, -0.05) is 18.3 Å². The van der Waals surface area contributed by atoms with Crippen molar-refractivity contribution in [3.8, 4) is 0 Å². The monoisotopic (exact) mass is 352 g/mol. The van der Waals surface area contributed by atoms with Gasteiger partial charge in [0, 0.05) is 15.6 Å². The lowest BCUT2D eigenvalue weighted by atomic mass is 10.2. The molecule has 0 aliphatic heterocycles. The van der Waals surface area contributed by atoms with E-state index in [1.807, 2.05) is 0 Å². The molecule has 2 aromatic rings. The highest BCUT2D eigenvalue weighted by molar-refractivity contribution is 9.10. The molecule has 0 spiro atoms. The Balaban J connectivity index is 2.22. The lowest BCUT2D eigenvalue weighted by Gasteiger charge is -2.09. The van der Waals surface area contributed by atoms with Gasteiger partial charge in [-0.3, -0.25) is 4.79 Å². The van der Waals surface area contributed by atoms with Gasteiger partial charge in [0.05, 0.1) is 5.69 Å². The molecule has 0 aliphatic carbocycles. The van der Waals surface area contributed by atoms with E-state index in [0.717, 1.165) is 0 Å². The summed E-state index contributed by atoms with van der Waals surface area (Å²) in [4.78, 5) is 12.3. The molecule has 0 radical (unpaired) electrons. The Bertz CT molecular complexity index is 691. The molecule has 0 fully saturated rings. The summed E-state index contributed by atoms with van der Waals surface area (Å²) in [5.41, 5.74) is 7.01. The summed E-state index contributed by atoms with van der Waals surface area (Å²) in [5.74, 6) is -0.853. The van der Waals surface area contributed by atoms with E-state index in [2.05, 4.69) is 21.2 Å². The molecule has 6 heteroatoms. The van der Waals surface area contributed by atoms with Crippen molar-refractivity contribution >= 4 is 44.7 Å². The van der Waals surface area contributed by atoms with Crippen LogP contribution in [0.2, 0.25) is 0 Å². The zero-order valence-corrected chi connectivity index (χ0v) is 12.6. The number of carbonyl (C=O) groups excluding carboxylic acids is 1. The van der Waals surface area contributed by atoms with E-state index >= 15 is 0 Å². The summed E-state index contributed by atoms with van der Waals surface area (Å²) in [5, 5.41) is 2.68. The highest BCUT2D eigenvalue weighted by Crippen LogP contribution is 2.24. The molecule has 20 heavy (non-hydrogen) atoms. The van der Waals surface area contributed by atoms with E-state index < -0.39 is 11.7 Å². The van der Waals surface area contributed by atoms with E-state index in [9.17, 15) is 9.18 Å². The van der Waals surface area contributed by atoms with E-state index in [1.54, 1.807) is 18.2 Å². The number of halogens is 2. The number of thiocarbonyl (C=S) groups is 1. The topological polar surface area (TPSA) is 55.1 Å². The number of nitrogens with two attached hydrogens (primary N) is 1. The maximum Gasteiger partial charge on any atom is 0.255 e. The second-order valence-corrected chi connectivity index (χ2v) is 5.32. The van der Waals surface area contributed by atoms with Crippen LogP contribution >= 0.6 is 28.1 Å². The van der Waals surface area contributed by atoms with Gasteiger partial charge < -0.3 is 11.1 Å². The summed E-state index contributed by atoms with van der Waals surface area (Å²) >= 11 is 8.20. The first-order valence-corrected chi connectivity index (χ1v) is 6.84. The Morgan fingerprint density at radius 1 is 1.20 bits per heavy atom. The van der Waals surface area contributed by atoms with Gasteiger partial charge in [-0.25, -0.2) is 4.39 Å². The Hall–Kier alpha value is -1.79. The largest absolute Gasteiger partial charge is 0.389 e.